The molecule has 0 fully saturated rings. The van der Waals surface area contributed by atoms with Gasteiger partial charge in [-0.2, -0.15) is 0 Å². The molecule has 0 aliphatic heterocycles. The number of hydrogen-bond acceptors (Lipinski definition) is 1. The zero-order valence-corrected chi connectivity index (χ0v) is 9.99. The van der Waals surface area contributed by atoms with E-state index in [9.17, 15) is 8.78 Å². The zero-order valence-electron chi connectivity index (χ0n) is 5.49. The molecular weight excluding hydrogens is 366 g/mol. The fourth-order valence-electron chi connectivity index (χ4n) is 0.645. The molecule has 0 spiro atoms. The zero-order chi connectivity index (χ0) is 9.30. The Morgan fingerprint density at radius 1 is 1.58 bits per heavy atom. The molecule has 0 N–H and O–H groups in total. The summed E-state index contributed by atoms with van der Waals surface area (Å²) in [5.74, 6) is 0. The van der Waals surface area contributed by atoms with E-state index < -0.39 is 6.43 Å². The van der Waals surface area contributed by atoms with E-state index in [-0.39, 0.29) is 10.7 Å². The minimum atomic E-state index is -2.53. The van der Waals surface area contributed by atoms with Gasteiger partial charge in [0.1, 0.15) is 8.85 Å². The lowest BCUT2D eigenvalue weighted by atomic mass is 10.3. The van der Waals surface area contributed by atoms with Crippen molar-refractivity contribution in [2.45, 2.75) is 6.43 Å². The molecule has 1 aromatic heterocycles. The Hall–Kier alpha value is 0.510. The van der Waals surface area contributed by atoms with Crippen LogP contribution in [0.2, 0.25) is 5.15 Å². The van der Waals surface area contributed by atoms with Crippen molar-refractivity contribution in [3.63, 3.8) is 0 Å². The highest BCUT2D eigenvalue weighted by Crippen LogP contribution is 2.31. The molecule has 0 atom stereocenters. The summed E-state index contributed by atoms with van der Waals surface area (Å²) in [5.41, 5.74) is -0.126. The lowest BCUT2D eigenvalue weighted by Gasteiger charge is -2.04. The standard InChI is InChI=1S/C6H2BrClF2IN/c7-4-2(5(9)10)1-3(8)12-6(4)11/h1,5H. The molecule has 0 saturated carbocycles. The van der Waals surface area contributed by atoms with E-state index in [0.29, 0.717) is 8.17 Å². The smallest absolute Gasteiger partial charge is 0.229 e. The Morgan fingerprint density at radius 3 is 2.67 bits per heavy atom. The van der Waals surface area contributed by atoms with Gasteiger partial charge < -0.3 is 0 Å². The summed E-state index contributed by atoms with van der Waals surface area (Å²) < 4.78 is 25.3. The number of hydrogen-bond donors (Lipinski definition) is 0. The molecule has 1 nitrogen and oxygen atoms in total. The first-order chi connectivity index (χ1) is 5.52. The van der Waals surface area contributed by atoms with Gasteiger partial charge in [0.25, 0.3) is 6.43 Å². The number of pyridine rings is 1. The molecule has 12 heavy (non-hydrogen) atoms. The molecule has 0 aliphatic rings. The molecule has 6 heteroatoms. The van der Waals surface area contributed by atoms with E-state index >= 15 is 0 Å². The first-order valence-electron chi connectivity index (χ1n) is 2.82. The Balaban J connectivity index is 3.28. The van der Waals surface area contributed by atoms with E-state index in [1.54, 1.807) is 0 Å². The van der Waals surface area contributed by atoms with Crippen LogP contribution in [-0.2, 0) is 0 Å². The highest BCUT2D eigenvalue weighted by Gasteiger charge is 2.15. The monoisotopic (exact) mass is 367 g/mol. The summed E-state index contributed by atoms with van der Waals surface area (Å²) >= 11 is 10.3. The van der Waals surface area contributed by atoms with Crippen LogP contribution in [0.15, 0.2) is 10.5 Å². The van der Waals surface area contributed by atoms with Crippen LogP contribution in [0.5, 0.6) is 0 Å². The molecule has 0 bridgehead atoms. The Labute approximate surface area is 94.8 Å². The number of aromatic nitrogens is 1. The van der Waals surface area contributed by atoms with Gasteiger partial charge in [-0.3, -0.25) is 0 Å². The van der Waals surface area contributed by atoms with Crippen molar-refractivity contribution in [2.24, 2.45) is 0 Å². The maximum Gasteiger partial charge on any atom is 0.265 e. The average Bonchev–Trinajstić information content (AvgIpc) is 1.96. The SMILES string of the molecule is FC(F)c1cc(Cl)nc(I)c1Br. The Bertz CT molecular complexity index is 308. The van der Waals surface area contributed by atoms with Gasteiger partial charge in [0, 0.05) is 5.56 Å². The average molecular weight is 368 g/mol. The van der Waals surface area contributed by atoms with Gasteiger partial charge in [0.05, 0.1) is 4.47 Å². The molecule has 0 aromatic carbocycles. The number of rotatable bonds is 1. The van der Waals surface area contributed by atoms with Crippen LogP contribution >= 0.6 is 50.1 Å². The normalized spacial score (nSPS) is 10.8. The fourth-order valence-corrected chi connectivity index (χ4v) is 1.94. The minimum absolute atomic E-state index is 0.0814. The predicted molar refractivity (Wildman–Crippen MR) is 54.6 cm³/mol. The highest BCUT2D eigenvalue weighted by molar-refractivity contribution is 14.1. The van der Waals surface area contributed by atoms with Gasteiger partial charge in [-0.05, 0) is 44.6 Å². The molecule has 66 valence electrons. The molecule has 1 heterocycles. The van der Waals surface area contributed by atoms with Crippen LogP contribution in [0, 0.1) is 3.70 Å². The van der Waals surface area contributed by atoms with Crippen molar-refractivity contribution in [1.29, 1.82) is 0 Å². The summed E-state index contributed by atoms with van der Waals surface area (Å²) in [6.45, 7) is 0. The molecule has 1 aromatic rings. The van der Waals surface area contributed by atoms with Crippen molar-refractivity contribution in [3.8, 4) is 0 Å². The summed E-state index contributed by atoms with van der Waals surface area (Å²) in [7, 11) is 0. The lowest BCUT2D eigenvalue weighted by molar-refractivity contribution is 0.150. The second kappa shape index (κ2) is 4.15. The molecule has 0 amide bonds. The Kier molecular flexibility index (Phi) is 3.66. The van der Waals surface area contributed by atoms with Crippen LogP contribution in [0.3, 0.4) is 0 Å². The van der Waals surface area contributed by atoms with E-state index in [1.165, 1.54) is 0 Å². The maximum atomic E-state index is 12.3. The van der Waals surface area contributed by atoms with E-state index in [4.69, 9.17) is 11.6 Å². The number of alkyl halides is 2. The van der Waals surface area contributed by atoms with E-state index in [0.717, 1.165) is 6.07 Å². The van der Waals surface area contributed by atoms with Crippen molar-refractivity contribution in [1.82, 2.24) is 4.98 Å². The fraction of sp³-hybridized carbons (Fsp3) is 0.167. The van der Waals surface area contributed by atoms with Crippen molar-refractivity contribution in [3.05, 3.63) is 25.0 Å². The molecule has 1 rings (SSSR count). The van der Waals surface area contributed by atoms with Crippen molar-refractivity contribution >= 4 is 50.1 Å². The van der Waals surface area contributed by atoms with Gasteiger partial charge in [-0.15, -0.1) is 0 Å². The second-order valence-corrected chi connectivity index (χ2v) is 4.14. The summed E-state index contributed by atoms with van der Waals surface area (Å²) in [5, 5.41) is 0.0814. The first-order valence-corrected chi connectivity index (χ1v) is 5.07. The van der Waals surface area contributed by atoms with Crippen LogP contribution in [-0.4, -0.2) is 4.98 Å². The summed E-state index contributed by atoms with van der Waals surface area (Å²) in [6.07, 6.45) is -2.53. The topological polar surface area (TPSA) is 12.9 Å². The van der Waals surface area contributed by atoms with Crippen LogP contribution in [0.1, 0.15) is 12.0 Å². The van der Waals surface area contributed by atoms with E-state index in [1.807, 2.05) is 22.6 Å². The molecule has 0 radical (unpaired) electrons. The third-order valence-electron chi connectivity index (χ3n) is 1.15. The van der Waals surface area contributed by atoms with Gasteiger partial charge in [-0.25, -0.2) is 13.8 Å². The van der Waals surface area contributed by atoms with Gasteiger partial charge in [0.15, 0.2) is 0 Å². The largest absolute Gasteiger partial charge is 0.265 e. The summed E-state index contributed by atoms with van der Waals surface area (Å²) in [6, 6.07) is 1.15. The molecule has 0 saturated heterocycles. The summed E-state index contributed by atoms with van der Waals surface area (Å²) in [4.78, 5) is 3.79. The molecule has 0 unspecified atom stereocenters. The van der Waals surface area contributed by atoms with E-state index in [2.05, 4.69) is 20.9 Å². The highest BCUT2D eigenvalue weighted by atomic mass is 127. The molecule has 0 aliphatic carbocycles. The molecular formula is C6H2BrClF2IN. The van der Waals surface area contributed by atoms with Crippen LogP contribution in [0.4, 0.5) is 8.78 Å². The van der Waals surface area contributed by atoms with Crippen LogP contribution < -0.4 is 0 Å². The van der Waals surface area contributed by atoms with Gasteiger partial charge in [-0.1, -0.05) is 11.6 Å². The number of nitrogens with zero attached hydrogens (tertiary/aromatic N) is 1. The van der Waals surface area contributed by atoms with Gasteiger partial charge >= 0.3 is 0 Å². The third kappa shape index (κ3) is 2.26. The second-order valence-electron chi connectivity index (χ2n) is 1.94. The van der Waals surface area contributed by atoms with Crippen LogP contribution in [0.25, 0.3) is 0 Å². The third-order valence-corrected chi connectivity index (χ3v) is 3.70. The van der Waals surface area contributed by atoms with Crippen molar-refractivity contribution in [2.75, 3.05) is 0 Å². The van der Waals surface area contributed by atoms with Crippen molar-refractivity contribution < 1.29 is 8.78 Å². The quantitative estimate of drug-likeness (QED) is 0.539. The Morgan fingerprint density at radius 2 is 2.17 bits per heavy atom. The first kappa shape index (κ1) is 10.6. The predicted octanol–water partition coefficient (Wildman–Crippen LogP) is 4.04. The maximum absolute atomic E-state index is 12.3. The minimum Gasteiger partial charge on any atom is -0.229 e. The number of halogens is 5. The van der Waals surface area contributed by atoms with Gasteiger partial charge in [0.2, 0.25) is 0 Å². The lowest BCUT2D eigenvalue weighted by Crippen LogP contribution is -1.92.